The fourth-order valence-electron chi connectivity index (χ4n) is 1.60. The van der Waals surface area contributed by atoms with Crippen molar-refractivity contribution in [3.8, 4) is 0 Å². The quantitative estimate of drug-likeness (QED) is 0.750. The van der Waals surface area contributed by atoms with Gasteiger partial charge in [0.15, 0.2) is 0 Å². The molecule has 0 radical (unpaired) electrons. The van der Waals surface area contributed by atoms with E-state index in [4.69, 9.17) is 16.3 Å². The number of nitrogens with zero attached hydrogens (tertiary/aromatic N) is 2. The van der Waals surface area contributed by atoms with E-state index >= 15 is 0 Å². The van der Waals surface area contributed by atoms with Gasteiger partial charge in [0.05, 0.1) is 12.7 Å². The van der Waals surface area contributed by atoms with Crippen LogP contribution in [0.3, 0.4) is 0 Å². The van der Waals surface area contributed by atoms with E-state index in [9.17, 15) is 0 Å². The van der Waals surface area contributed by atoms with Crippen molar-refractivity contribution in [1.82, 2.24) is 10.2 Å². The van der Waals surface area contributed by atoms with Crippen molar-refractivity contribution < 1.29 is 4.74 Å². The van der Waals surface area contributed by atoms with Crippen molar-refractivity contribution in [2.24, 2.45) is 0 Å². The molecule has 1 fully saturated rings. The highest BCUT2D eigenvalue weighted by molar-refractivity contribution is 7.11. The van der Waals surface area contributed by atoms with Crippen LogP contribution in [0.25, 0.3) is 0 Å². The average molecular weight is 233 g/mol. The molecule has 0 N–H and O–H groups in total. The minimum atomic E-state index is 0.361. The van der Waals surface area contributed by atoms with Crippen molar-refractivity contribution in [3.63, 3.8) is 0 Å². The lowest BCUT2D eigenvalue weighted by molar-refractivity contribution is 0.123. The molecule has 5 heteroatoms. The Labute approximate surface area is 92.4 Å². The van der Waals surface area contributed by atoms with Crippen LogP contribution in [0.5, 0.6) is 0 Å². The zero-order valence-electron chi connectivity index (χ0n) is 8.07. The van der Waals surface area contributed by atoms with E-state index in [0.29, 0.717) is 17.9 Å². The second kappa shape index (κ2) is 4.55. The van der Waals surface area contributed by atoms with Crippen molar-refractivity contribution in [1.29, 1.82) is 0 Å². The van der Waals surface area contributed by atoms with Gasteiger partial charge in [-0.2, -0.15) is 0 Å². The molecule has 0 spiro atoms. The number of rotatable bonds is 3. The lowest BCUT2D eigenvalue weighted by atomic mass is 10.1. The van der Waals surface area contributed by atoms with Gasteiger partial charge in [-0.1, -0.05) is 0 Å². The van der Waals surface area contributed by atoms with Crippen LogP contribution in [0.2, 0.25) is 0 Å². The number of ether oxygens (including phenoxy) is 1. The van der Waals surface area contributed by atoms with Gasteiger partial charge in [0, 0.05) is 18.2 Å². The summed E-state index contributed by atoms with van der Waals surface area (Å²) in [5.41, 5.74) is 0. The standard InChI is InChI=1S/C9H13ClN2OS/c1-6-4-7(5-13-6)9-12-11-8(14-9)2-3-10/h6-7H,2-5H2,1H3. The molecule has 14 heavy (non-hydrogen) atoms. The maximum atomic E-state index is 5.64. The zero-order valence-corrected chi connectivity index (χ0v) is 9.64. The van der Waals surface area contributed by atoms with Crippen LogP contribution in [-0.2, 0) is 11.2 Å². The molecule has 1 aromatic heterocycles. The zero-order chi connectivity index (χ0) is 9.97. The number of aromatic nitrogens is 2. The van der Waals surface area contributed by atoms with Gasteiger partial charge in [-0.3, -0.25) is 0 Å². The Morgan fingerprint density at radius 2 is 2.43 bits per heavy atom. The Hall–Kier alpha value is -0.190. The van der Waals surface area contributed by atoms with Gasteiger partial charge in [-0.15, -0.1) is 33.1 Å². The molecular formula is C9H13ClN2OS. The molecule has 0 bridgehead atoms. The molecule has 0 aliphatic carbocycles. The Kier molecular flexibility index (Phi) is 3.36. The number of halogens is 1. The highest BCUT2D eigenvalue weighted by Gasteiger charge is 2.26. The van der Waals surface area contributed by atoms with E-state index in [1.165, 1.54) is 0 Å². The lowest BCUT2D eigenvalue weighted by Gasteiger charge is -1.99. The highest BCUT2D eigenvalue weighted by Crippen LogP contribution is 2.30. The largest absolute Gasteiger partial charge is 0.378 e. The van der Waals surface area contributed by atoms with E-state index < -0.39 is 0 Å². The third kappa shape index (κ3) is 2.24. The van der Waals surface area contributed by atoms with Crippen LogP contribution in [0.4, 0.5) is 0 Å². The van der Waals surface area contributed by atoms with Gasteiger partial charge in [0.2, 0.25) is 0 Å². The molecule has 1 aliphatic heterocycles. The van der Waals surface area contributed by atoms with Gasteiger partial charge in [0.1, 0.15) is 10.0 Å². The Bertz CT molecular complexity index is 305. The van der Waals surface area contributed by atoms with Crippen molar-refractivity contribution in [2.75, 3.05) is 12.5 Å². The van der Waals surface area contributed by atoms with Crippen molar-refractivity contribution in [2.45, 2.75) is 31.8 Å². The summed E-state index contributed by atoms with van der Waals surface area (Å²) in [6, 6.07) is 0. The summed E-state index contributed by atoms with van der Waals surface area (Å²) >= 11 is 7.31. The first kappa shape index (κ1) is 10.3. The molecule has 1 aromatic rings. The molecular weight excluding hydrogens is 220 g/mol. The molecule has 78 valence electrons. The molecule has 1 aliphatic rings. The summed E-state index contributed by atoms with van der Waals surface area (Å²) in [6.07, 6.45) is 2.25. The van der Waals surface area contributed by atoms with Crippen LogP contribution in [0, 0.1) is 0 Å². The van der Waals surface area contributed by atoms with Crippen molar-refractivity contribution >= 4 is 22.9 Å². The lowest BCUT2D eigenvalue weighted by Crippen LogP contribution is -1.97. The van der Waals surface area contributed by atoms with Gasteiger partial charge in [-0.05, 0) is 13.3 Å². The normalized spacial score (nSPS) is 27.0. The SMILES string of the molecule is CC1CC(c2nnc(CCCl)s2)CO1. The number of aryl methyl sites for hydroxylation is 1. The van der Waals surface area contributed by atoms with E-state index in [1.807, 2.05) is 0 Å². The third-order valence-electron chi connectivity index (χ3n) is 2.34. The topological polar surface area (TPSA) is 35.0 Å². The molecule has 2 rings (SSSR count). The number of hydrogen-bond donors (Lipinski definition) is 0. The molecule has 2 heterocycles. The third-order valence-corrected chi connectivity index (χ3v) is 3.67. The molecule has 0 aromatic carbocycles. The summed E-state index contributed by atoms with van der Waals surface area (Å²) in [5.74, 6) is 1.07. The van der Waals surface area contributed by atoms with E-state index in [-0.39, 0.29) is 0 Å². The monoisotopic (exact) mass is 232 g/mol. The molecule has 2 atom stereocenters. The number of hydrogen-bond acceptors (Lipinski definition) is 4. The summed E-state index contributed by atoms with van der Waals surface area (Å²) in [5, 5.41) is 10.4. The molecule has 3 nitrogen and oxygen atoms in total. The average Bonchev–Trinajstić information content (AvgIpc) is 2.74. The first-order chi connectivity index (χ1) is 6.79. The Balaban J connectivity index is 2.02. The molecule has 0 amide bonds. The fourth-order valence-corrected chi connectivity index (χ4v) is 2.83. The second-order valence-electron chi connectivity index (χ2n) is 3.55. The maximum Gasteiger partial charge on any atom is 0.122 e. The van der Waals surface area contributed by atoms with Crippen LogP contribution in [-0.4, -0.2) is 28.8 Å². The summed E-state index contributed by atoms with van der Waals surface area (Å²) in [6.45, 7) is 2.89. The van der Waals surface area contributed by atoms with Crippen LogP contribution >= 0.6 is 22.9 Å². The molecule has 0 saturated carbocycles. The summed E-state index contributed by atoms with van der Waals surface area (Å²) < 4.78 is 5.50. The predicted octanol–water partition coefficient (Wildman–Crippen LogP) is 2.21. The Morgan fingerprint density at radius 1 is 1.57 bits per heavy atom. The minimum Gasteiger partial charge on any atom is -0.378 e. The van der Waals surface area contributed by atoms with Gasteiger partial charge < -0.3 is 4.74 Å². The maximum absolute atomic E-state index is 5.64. The van der Waals surface area contributed by atoms with Crippen LogP contribution in [0.15, 0.2) is 0 Å². The van der Waals surface area contributed by atoms with Gasteiger partial charge in [-0.25, -0.2) is 0 Å². The fraction of sp³-hybridized carbons (Fsp3) is 0.778. The van der Waals surface area contributed by atoms with E-state index in [2.05, 4.69) is 17.1 Å². The van der Waals surface area contributed by atoms with Gasteiger partial charge in [0.25, 0.3) is 0 Å². The van der Waals surface area contributed by atoms with E-state index in [1.54, 1.807) is 11.3 Å². The number of alkyl halides is 1. The summed E-state index contributed by atoms with van der Waals surface area (Å²) in [4.78, 5) is 0. The van der Waals surface area contributed by atoms with Crippen LogP contribution in [0.1, 0.15) is 29.3 Å². The van der Waals surface area contributed by atoms with Crippen molar-refractivity contribution in [3.05, 3.63) is 10.0 Å². The summed E-state index contributed by atoms with van der Waals surface area (Å²) in [7, 11) is 0. The first-order valence-electron chi connectivity index (χ1n) is 4.79. The highest BCUT2D eigenvalue weighted by atomic mass is 35.5. The Morgan fingerprint density at radius 3 is 3.07 bits per heavy atom. The molecule has 2 unspecified atom stereocenters. The van der Waals surface area contributed by atoms with Gasteiger partial charge >= 0.3 is 0 Å². The first-order valence-corrected chi connectivity index (χ1v) is 6.14. The van der Waals surface area contributed by atoms with Crippen LogP contribution < -0.4 is 0 Å². The smallest absolute Gasteiger partial charge is 0.122 e. The minimum absolute atomic E-state index is 0.361. The molecule has 1 saturated heterocycles. The van der Waals surface area contributed by atoms with E-state index in [0.717, 1.165) is 29.5 Å². The predicted molar refractivity (Wildman–Crippen MR) is 57.1 cm³/mol. The second-order valence-corrected chi connectivity index (χ2v) is 5.02.